The van der Waals surface area contributed by atoms with E-state index < -0.39 is 11.4 Å². The SMILES string of the molecule is CC(C)(C)OC(=O)N[C@@H]1CCC[C@H](c2ccc(F)c(Cl)c2)C1. The van der Waals surface area contributed by atoms with Crippen molar-refractivity contribution in [1.29, 1.82) is 0 Å². The van der Waals surface area contributed by atoms with Crippen LogP contribution < -0.4 is 5.32 Å². The van der Waals surface area contributed by atoms with E-state index >= 15 is 0 Å². The fraction of sp³-hybridized carbons (Fsp3) is 0.588. The number of halogens is 2. The highest BCUT2D eigenvalue weighted by Gasteiger charge is 2.26. The van der Waals surface area contributed by atoms with Crippen LogP contribution in [0.3, 0.4) is 0 Å². The van der Waals surface area contributed by atoms with Crippen LogP contribution in [0.25, 0.3) is 0 Å². The fourth-order valence-electron chi connectivity index (χ4n) is 2.86. The molecule has 22 heavy (non-hydrogen) atoms. The molecule has 0 saturated heterocycles. The summed E-state index contributed by atoms with van der Waals surface area (Å²) in [5, 5.41) is 3.09. The first-order valence-electron chi connectivity index (χ1n) is 7.69. The lowest BCUT2D eigenvalue weighted by molar-refractivity contribution is 0.0490. The molecule has 0 heterocycles. The predicted molar refractivity (Wildman–Crippen MR) is 85.8 cm³/mol. The average molecular weight is 328 g/mol. The highest BCUT2D eigenvalue weighted by Crippen LogP contribution is 2.34. The topological polar surface area (TPSA) is 38.3 Å². The van der Waals surface area contributed by atoms with Crippen molar-refractivity contribution in [3.63, 3.8) is 0 Å². The number of carbonyl (C=O) groups is 1. The smallest absolute Gasteiger partial charge is 0.407 e. The van der Waals surface area contributed by atoms with Crippen LogP contribution in [-0.2, 0) is 4.74 Å². The third-order valence-corrected chi connectivity index (χ3v) is 4.10. The van der Waals surface area contributed by atoms with Crippen LogP contribution in [0, 0.1) is 5.82 Å². The molecule has 0 bridgehead atoms. The summed E-state index contributed by atoms with van der Waals surface area (Å²) in [6.45, 7) is 5.53. The van der Waals surface area contributed by atoms with E-state index in [-0.39, 0.29) is 23.1 Å². The molecule has 1 amide bonds. The molecule has 1 aliphatic carbocycles. The molecule has 3 nitrogen and oxygen atoms in total. The Morgan fingerprint density at radius 2 is 2.09 bits per heavy atom. The molecule has 0 unspecified atom stereocenters. The molecule has 122 valence electrons. The van der Waals surface area contributed by atoms with Crippen molar-refractivity contribution >= 4 is 17.7 Å². The van der Waals surface area contributed by atoms with Gasteiger partial charge in [0, 0.05) is 6.04 Å². The first-order valence-corrected chi connectivity index (χ1v) is 8.07. The number of hydrogen-bond donors (Lipinski definition) is 1. The molecule has 1 N–H and O–H groups in total. The van der Waals surface area contributed by atoms with Crippen molar-refractivity contribution in [1.82, 2.24) is 5.32 Å². The quantitative estimate of drug-likeness (QED) is 0.827. The second kappa shape index (κ2) is 6.86. The lowest BCUT2D eigenvalue weighted by Gasteiger charge is -2.31. The highest BCUT2D eigenvalue weighted by molar-refractivity contribution is 6.30. The van der Waals surface area contributed by atoms with Crippen LogP contribution in [-0.4, -0.2) is 17.7 Å². The number of benzene rings is 1. The molecule has 0 spiro atoms. The maximum Gasteiger partial charge on any atom is 0.407 e. The van der Waals surface area contributed by atoms with Crippen LogP contribution >= 0.6 is 11.6 Å². The second-order valence-electron chi connectivity index (χ2n) is 6.88. The fourth-order valence-corrected chi connectivity index (χ4v) is 3.05. The van der Waals surface area contributed by atoms with Gasteiger partial charge >= 0.3 is 6.09 Å². The second-order valence-corrected chi connectivity index (χ2v) is 7.29. The third-order valence-electron chi connectivity index (χ3n) is 3.81. The van der Waals surface area contributed by atoms with Crippen molar-refractivity contribution in [2.75, 3.05) is 0 Å². The van der Waals surface area contributed by atoms with E-state index in [9.17, 15) is 9.18 Å². The van der Waals surface area contributed by atoms with E-state index in [1.54, 1.807) is 12.1 Å². The lowest BCUT2D eigenvalue weighted by atomic mass is 9.81. The van der Waals surface area contributed by atoms with Crippen LogP contribution in [0.2, 0.25) is 5.02 Å². The Kier molecular flexibility index (Phi) is 5.32. The van der Waals surface area contributed by atoms with Gasteiger partial charge in [0.05, 0.1) is 5.02 Å². The number of ether oxygens (including phenoxy) is 1. The Bertz CT molecular complexity index is 542. The van der Waals surface area contributed by atoms with Gasteiger partial charge in [0.25, 0.3) is 0 Å². The Hall–Kier alpha value is -1.29. The van der Waals surface area contributed by atoms with E-state index in [0.29, 0.717) is 0 Å². The largest absolute Gasteiger partial charge is 0.444 e. The van der Waals surface area contributed by atoms with Gasteiger partial charge in [-0.25, -0.2) is 9.18 Å². The molecular weight excluding hydrogens is 305 g/mol. The summed E-state index contributed by atoms with van der Waals surface area (Å²) in [6.07, 6.45) is 3.41. The molecule has 0 radical (unpaired) electrons. The molecule has 0 aliphatic heterocycles. The van der Waals surface area contributed by atoms with Crippen molar-refractivity contribution in [3.05, 3.63) is 34.6 Å². The molecule has 0 aromatic heterocycles. The zero-order valence-corrected chi connectivity index (χ0v) is 14.0. The molecule has 1 aromatic rings. The van der Waals surface area contributed by atoms with Gasteiger partial charge in [0.1, 0.15) is 11.4 Å². The number of rotatable bonds is 2. The number of alkyl carbamates (subject to hydrolysis) is 1. The Morgan fingerprint density at radius 1 is 1.36 bits per heavy atom. The Labute approximate surface area is 136 Å². The van der Waals surface area contributed by atoms with Gasteiger partial charge in [-0.15, -0.1) is 0 Å². The monoisotopic (exact) mass is 327 g/mol. The maximum absolute atomic E-state index is 13.3. The summed E-state index contributed by atoms with van der Waals surface area (Å²) in [6, 6.07) is 4.96. The molecule has 1 fully saturated rings. The van der Waals surface area contributed by atoms with Gasteiger partial charge in [-0.3, -0.25) is 0 Å². The highest BCUT2D eigenvalue weighted by atomic mass is 35.5. The summed E-state index contributed by atoms with van der Waals surface area (Å²) in [5.41, 5.74) is 0.532. The van der Waals surface area contributed by atoms with Gasteiger partial charge in [-0.2, -0.15) is 0 Å². The first kappa shape index (κ1) is 17.1. The standard InChI is InChI=1S/C17H23ClFNO2/c1-17(2,3)22-16(21)20-13-6-4-5-11(9-13)12-7-8-15(19)14(18)10-12/h7-8,10-11,13H,4-6,9H2,1-3H3,(H,20,21)/t11-,13+/m0/s1. The zero-order chi connectivity index (χ0) is 16.3. The van der Waals surface area contributed by atoms with Gasteiger partial charge < -0.3 is 10.1 Å². The summed E-state index contributed by atoms with van der Waals surface area (Å²) < 4.78 is 18.6. The molecule has 1 aliphatic rings. The molecule has 5 heteroatoms. The van der Waals surface area contributed by atoms with E-state index in [1.165, 1.54) is 6.07 Å². The van der Waals surface area contributed by atoms with Gasteiger partial charge in [-0.05, 0) is 63.6 Å². The summed E-state index contributed by atoms with van der Waals surface area (Å²) >= 11 is 5.86. The number of hydrogen-bond acceptors (Lipinski definition) is 2. The molecule has 1 aromatic carbocycles. The average Bonchev–Trinajstić information content (AvgIpc) is 2.40. The maximum atomic E-state index is 13.3. The van der Waals surface area contributed by atoms with Crippen molar-refractivity contribution in [3.8, 4) is 0 Å². The predicted octanol–water partition coefficient (Wildman–Crippen LogP) is 5.03. The first-order chi connectivity index (χ1) is 10.2. The van der Waals surface area contributed by atoms with E-state index in [2.05, 4.69) is 5.32 Å². The van der Waals surface area contributed by atoms with Crippen molar-refractivity contribution in [2.45, 2.75) is 64.0 Å². The number of carbonyl (C=O) groups excluding carboxylic acids is 1. The number of nitrogens with one attached hydrogen (secondary N) is 1. The molecule has 2 rings (SSSR count). The van der Waals surface area contributed by atoms with E-state index in [0.717, 1.165) is 31.2 Å². The third kappa shape index (κ3) is 4.87. The summed E-state index contributed by atoms with van der Waals surface area (Å²) in [7, 11) is 0. The lowest BCUT2D eigenvalue weighted by Crippen LogP contribution is -2.41. The molecular formula is C17H23ClFNO2. The number of amides is 1. The minimum absolute atomic E-state index is 0.0810. The van der Waals surface area contributed by atoms with Crippen LogP contribution in [0.5, 0.6) is 0 Å². The minimum Gasteiger partial charge on any atom is -0.444 e. The summed E-state index contributed by atoms with van der Waals surface area (Å²) in [5.74, 6) is -0.114. The van der Waals surface area contributed by atoms with Crippen LogP contribution in [0.1, 0.15) is 57.9 Å². The normalized spacial score (nSPS) is 22.2. The van der Waals surface area contributed by atoms with Crippen LogP contribution in [0.15, 0.2) is 18.2 Å². The van der Waals surface area contributed by atoms with Crippen molar-refractivity contribution < 1.29 is 13.9 Å². The molecule has 1 saturated carbocycles. The minimum atomic E-state index is -0.497. The van der Waals surface area contributed by atoms with E-state index in [1.807, 2.05) is 20.8 Å². The molecule has 2 atom stereocenters. The van der Waals surface area contributed by atoms with Crippen LogP contribution in [0.4, 0.5) is 9.18 Å². The zero-order valence-electron chi connectivity index (χ0n) is 13.3. The van der Waals surface area contributed by atoms with Crippen molar-refractivity contribution in [2.24, 2.45) is 0 Å². The van der Waals surface area contributed by atoms with Gasteiger partial charge in [0.2, 0.25) is 0 Å². The van der Waals surface area contributed by atoms with Gasteiger partial charge in [-0.1, -0.05) is 24.1 Å². The Balaban J connectivity index is 1.96. The van der Waals surface area contributed by atoms with Gasteiger partial charge in [0.15, 0.2) is 0 Å². The summed E-state index contributed by atoms with van der Waals surface area (Å²) in [4.78, 5) is 11.9. The van der Waals surface area contributed by atoms with E-state index in [4.69, 9.17) is 16.3 Å². The Morgan fingerprint density at radius 3 is 2.73 bits per heavy atom.